The van der Waals surface area contributed by atoms with Crippen molar-refractivity contribution in [1.29, 1.82) is 0 Å². The van der Waals surface area contributed by atoms with Crippen LogP contribution >= 0.6 is 0 Å². The predicted octanol–water partition coefficient (Wildman–Crippen LogP) is 2.97. The highest BCUT2D eigenvalue weighted by Crippen LogP contribution is 2.24. The summed E-state index contributed by atoms with van der Waals surface area (Å²) in [5.41, 5.74) is 2.15. The molecule has 2 aromatic carbocycles. The fraction of sp³-hybridized carbons (Fsp3) is 0.417. The zero-order valence-electron chi connectivity index (χ0n) is 17.1. The van der Waals surface area contributed by atoms with Gasteiger partial charge in [-0.25, -0.2) is 0 Å². The first-order valence-electron chi connectivity index (χ1n) is 10.6. The second kappa shape index (κ2) is 9.87. The van der Waals surface area contributed by atoms with E-state index in [4.69, 9.17) is 9.47 Å². The van der Waals surface area contributed by atoms with Crippen molar-refractivity contribution in [2.24, 2.45) is 0 Å². The van der Waals surface area contributed by atoms with Crippen molar-refractivity contribution in [2.75, 3.05) is 39.4 Å². The van der Waals surface area contributed by atoms with Gasteiger partial charge in [0, 0.05) is 25.9 Å². The van der Waals surface area contributed by atoms with Crippen LogP contribution in [0.1, 0.15) is 36.2 Å². The Kier molecular flexibility index (Phi) is 6.77. The van der Waals surface area contributed by atoms with Crippen LogP contribution in [-0.4, -0.2) is 61.0 Å². The molecule has 2 fully saturated rings. The van der Waals surface area contributed by atoms with E-state index in [1.807, 2.05) is 70.5 Å². The maximum absolute atomic E-state index is 12.7. The van der Waals surface area contributed by atoms with E-state index in [1.54, 1.807) is 0 Å². The molecule has 2 atom stereocenters. The molecule has 2 amide bonds. The number of carbonyl (C=O) groups excluding carboxylic acids is 2. The van der Waals surface area contributed by atoms with Gasteiger partial charge in [-0.2, -0.15) is 0 Å². The molecule has 6 heteroatoms. The Bertz CT molecular complexity index is 771. The van der Waals surface area contributed by atoms with E-state index in [2.05, 4.69) is 0 Å². The van der Waals surface area contributed by atoms with Gasteiger partial charge in [0.25, 0.3) is 0 Å². The van der Waals surface area contributed by atoms with Gasteiger partial charge in [0.15, 0.2) is 0 Å². The number of morpholine rings is 2. The standard InChI is InChI=1S/C24H28N2O4/c27-23(25-13-15-29-21(17-25)19-7-3-1-4-8-19)11-12-24(28)26-14-16-30-22(18-26)20-9-5-2-6-10-20/h1-10,21-22H,11-18H2/t21-,22-/m1/s1. The first-order valence-corrected chi connectivity index (χ1v) is 10.6. The SMILES string of the molecule is O=C(CCC(=O)N1CCO[C@@H](c2ccccc2)C1)N1CCO[C@@H](c2ccccc2)C1. The number of ether oxygens (including phenoxy) is 2. The van der Waals surface area contributed by atoms with Crippen molar-refractivity contribution in [2.45, 2.75) is 25.0 Å². The second-order valence-electron chi connectivity index (χ2n) is 7.72. The summed E-state index contributed by atoms with van der Waals surface area (Å²) in [6.07, 6.45) is 0.248. The molecule has 0 N–H and O–H groups in total. The van der Waals surface area contributed by atoms with E-state index < -0.39 is 0 Å². The Hall–Kier alpha value is -2.70. The lowest BCUT2D eigenvalue weighted by molar-refractivity contribution is -0.144. The molecule has 2 aliphatic rings. The lowest BCUT2D eigenvalue weighted by Gasteiger charge is -2.34. The van der Waals surface area contributed by atoms with Crippen molar-refractivity contribution < 1.29 is 19.1 Å². The van der Waals surface area contributed by atoms with Gasteiger partial charge in [0.1, 0.15) is 12.2 Å². The summed E-state index contributed by atoms with van der Waals surface area (Å²) in [7, 11) is 0. The molecule has 6 nitrogen and oxygen atoms in total. The number of benzene rings is 2. The smallest absolute Gasteiger partial charge is 0.223 e. The first-order chi connectivity index (χ1) is 14.7. The summed E-state index contributed by atoms with van der Waals surface area (Å²) in [6.45, 7) is 3.24. The molecule has 0 aromatic heterocycles. The minimum absolute atomic E-state index is 0.0143. The van der Waals surface area contributed by atoms with E-state index in [0.29, 0.717) is 39.4 Å². The summed E-state index contributed by atoms with van der Waals surface area (Å²) in [5.74, 6) is 0.0286. The minimum atomic E-state index is -0.106. The summed E-state index contributed by atoms with van der Waals surface area (Å²) in [5, 5.41) is 0. The van der Waals surface area contributed by atoms with Crippen LogP contribution in [0.3, 0.4) is 0 Å². The number of carbonyl (C=O) groups is 2. The van der Waals surface area contributed by atoms with Gasteiger partial charge in [-0.3, -0.25) is 9.59 Å². The van der Waals surface area contributed by atoms with Gasteiger partial charge in [-0.1, -0.05) is 60.7 Å². The van der Waals surface area contributed by atoms with Crippen LogP contribution in [-0.2, 0) is 19.1 Å². The highest BCUT2D eigenvalue weighted by Gasteiger charge is 2.28. The van der Waals surface area contributed by atoms with E-state index in [-0.39, 0.29) is 36.9 Å². The third-order valence-electron chi connectivity index (χ3n) is 5.73. The molecule has 158 valence electrons. The zero-order chi connectivity index (χ0) is 20.8. The molecule has 2 heterocycles. The molecule has 4 rings (SSSR count). The summed E-state index contributed by atoms with van der Waals surface area (Å²) in [4.78, 5) is 29.1. The van der Waals surface area contributed by atoms with Crippen LogP contribution in [0, 0.1) is 0 Å². The Morgan fingerprint density at radius 2 is 1.10 bits per heavy atom. The fourth-order valence-corrected chi connectivity index (χ4v) is 4.02. The molecular weight excluding hydrogens is 380 g/mol. The molecule has 0 spiro atoms. The summed E-state index contributed by atoms with van der Waals surface area (Å²) in [6, 6.07) is 19.9. The second-order valence-corrected chi connectivity index (χ2v) is 7.72. The molecule has 0 radical (unpaired) electrons. The molecular formula is C24H28N2O4. The van der Waals surface area contributed by atoms with Crippen LogP contribution in [0.5, 0.6) is 0 Å². The number of rotatable bonds is 5. The largest absolute Gasteiger partial charge is 0.370 e. The van der Waals surface area contributed by atoms with E-state index in [9.17, 15) is 9.59 Å². The van der Waals surface area contributed by atoms with Crippen LogP contribution in [0.25, 0.3) is 0 Å². The minimum Gasteiger partial charge on any atom is -0.370 e. The number of hydrogen-bond donors (Lipinski definition) is 0. The zero-order valence-corrected chi connectivity index (χ0v) is 17.1. The van der Waals surface area contributed by atoms with Gasteiger partial charge in [0.05, 0.1) is 26.3 Å². The highest BCUT2D eigenvalue weighted by atomic mass is 16.5. The number of hydrogen-bond acceptors (Lipinski definition) is 4. The number of nitrogens with zero attached hydrogens (tertiary/aromatic N) is 2. The topological polar surface area (TPSA) is 59.1 Å². The Morgan fingerprint density at radius 3 is 1.50 bits per heavy atom. The highest BCUT2D eigenvalue weighted by molar-refractivity contribution is 5.84. The molecule has 2 saturated heterocycles. The van der Waals surface area contributed by atoms with Crippen LogP contribution in [0.2, 0.25) is 0 Å². The van der Waals surface area contributed by atoms with Gasteiger partial charge in [-0.05, 0) is 11.1 Å². The molecule has 30 heavy (non-hydrogen) atoms. The first kappa shape index (κ1) is 20.6. The summed E-state index contributed by atoms with van der Waals surface area (Å²) < 4.78 is 11.7. The molecule has 0 bridgehead atoms. The van der Waals surface area contributed by atoms with E-state index in [0.717, 1.165) is 11.1 Å². The van der Waals surface area contributed by atoms with Crippen molar-refractivity contribution in [3.05, 3.63) is 71.8 Å². The van der Waals surface area contributed by atoms with Crippen LogP contribution in [0.4, 0.5) is 0 Å². The lowest BCUT2D eigenvalue weighted by atomic mass is 10.1. The maximum Gasteiger partial charge on any atom is 0.223 e. The van der Waals surface area contributed by atoms with Crippen molar-refractivity contribution in [3.8, 4) is 0 Å². The van der Waals surface area contributed by atoms with E-state index in [1.165, 1.54) is 0 Å². The molecule has 2 aromatic rings. The maximum atomic E-state index is 12.7. The van der Waals surface area contributed by atoms with Crippen molar-refractivity contribution in [3.63, 3.8) is 0 Å². The van der Waals surface area contributed by atoms with E-state index >= 15 is 0 Å². The quantitative estimate of drug-likeness (QED) is 0.763. The van der Waals surface area contributed by atoms with Crippen molar-refractivity contribution in [1.82, 2.24) is 9.80 Å². The average Bonchev–Trinajstić information content (AvgIpc) is 2.83. The molecule has 0 aliphatic carbocycles. The predicted molar refractivity (Wildman–Crippen MR) is 113 cm³/mol. The molecule has 2 aliphatic heterocycles. The summed E-state index contributed by atoms with van der Waals surface area (Å²) >= 11 is 0. The lowest BCUT2D eigenvalue weighted by Crippen LogP contribution is -2.44. The molecule has 0 saturated carbocycles. The fourth-order valence-electron chi connectivity index (χ4n) is 4.02. The number of amides is 2. The van der Waals surface area contributed by atoms with Gasteiger partial charge < -0.3 is 19.3 Å². The Labute approximate surface area is 177 Å². The normalized spacial score (nSPS) is 22.0. The van der Waals surface area contributed by atoms with Gasteiger partial charge in [0.2, 0.25) is 11.8 Å². The van der Waals surface area contributed by atoms with Gasteiger partial charge >= 0.3 is 0 Å². The van der Waals surface area contributed by atoms with Gasteiger partial charge in [-0.15, -0.1) is 0 Å². The monoisotopic (exact) mass is 408 g/mol. The molecule has 0 unspecified atom stereocenters. The van der Waals surface area contributed by atoms with Crippen LogP contribution < -0.4 is 0 Å². The van der Waals surface area contributed by atoms with Crippen molar-refractivity contribution >= 4 is 11.8 Å². The van der Waals surface area contributed by atoms with Crippen LogP contribution in [0.15, 0.2) is 60.7 Å². The Balaban J connectivity index is 1.27. The average molecular weight is 408 g/mol. The Morgan fingerprint density at radius 1 is 0.700 bits per heavy atom. The third-order valence-corrected chi connectivity index (χ3v) is 5.73. The third kappa shape index (κ3) is 5.07.